The van der Waals surface area contributed by atoms with Crippen LogP contribution in [0.15, 0.2) is 79.0 Å². The fourth-order valence-corrected chi connectivity index (χ4v) is 3.47. The second-order valence-corrected chi connectivity index (χ2v) is 7.39. The van der Waals surface area contributed by atoms with Crippen molar-refractivity contribution in [3.8, 4) is 11.1 Å². The molecule has 2 amide bonds. The van der Waals surface area contributed by atoms with Gasteiger partial charge in [0.1, 0.15) is 5.69 Å². The predicted molar refractivity (Wildman–Crippen MR) is 122 cm³/mol. The Kier molecular flexibility index (Phi) is 5.56. The highest BCUT2D eigenvalue weighted by Gasteiger charge is 2.24. The smallest absolute Gasteiger partial charge is 0.298 e. The van der Waals surface area contributed by atoms with E-state index in [1.165, 1.54) is 6.92 Å². The number of Topliss-reactive ketones (excluding diaryl/α,β-unsaturated/α-hetero) is 1. The lowest BCUT2D eigenvalue weighted by atomic mass is 10.0. The fourth-order valence-electron chi connectivity index (χ4n) is 3.34. The molecule has 0 unspecified atom stereocenters. The van der Waals surface area contributed by atoms with Crippen LogP contribution >= 0.6 is 11.6 Å². The average molecular weight is 432 g/mol. The minimum atomic E-state index is -0.758. The van der Waals surface area contributed by atoms with Gasteiger partial charge >= 0.3 is 0 Å². The Morgan fingerprint density at radius 1 is 0.839 bits per heavy atom. The van der Waals surface area contributed by atoms with E-state index in [0.717, 1.165) is 11.1 Å². The number of halogens is 1. The lowest BCUT2D eigenvalue weighted by Gasteiger charge is -2.09. The van der Waals surface area contributed by atoms with Crippen LogP contribution in [0.5, 0.6) is 0 Å². The quantitative estimate of drug-likeness (QED) is 0.343. The number of ketones is 1. The molecule has 7 heteroatoms. The summed E-state index contributed by atoms with van der Waals surface area (Å²) in [5.74, 6) is -1.62. The number of amides is 2. The number of aromatic nitrogens is 1. The number of carbonyl (C=O) groups excluding carboxylic acids is 3. The van der Waals surface area contributed by atoms with Crippen LogP contribution in [0.1, 0.15) is 17.4 Å². The molecule has 6 nitrogen and oxygen atoms in total. The van der Waals surface area contributed by atoms with Crippen molar-refractivity contribution in [2.24, 2.45) is 0 Å². The van der Waals surface area contributed by atoms with Crippen LogP contribution in [-0.2, 0) is 9.59 Å². The highest BCUT2D eigenvalue weighted by atomic mass is 35.5. The van der Waals surface area contributed by atoms with Crippen molar-refractivity contribution in [1.29, 1.82) is 0 Å². The van der Waals surface area contributed by atoms with E-state index in [-0.39, 0.29) is 11.6 Å². The standard InChI is InChI=1S/C24H18ClN3O3/c1-15(29)26-18-9-11-19(12-10-18)27-24(31)23(30)22-21(16-5-7-17(25)8-6-16)14-20-4-2-3-13-28(20)22/h2-14H,1H3,(H,26,29)(H,27,31). The third-order valence-corrected chi connectivity index (χ3v) is 4.97. The average Bonchev–Trinajstić information content (AvgIpc) is 3.14. The Labute approximate surface area is 183 Å². The maximum absolute atomic E-state index is 13.2. The first-order valence-electron chi connectivity index (χ1n) is 9.52. The number of fused-ring (bicyclic) bond motifs is 1. The summed E-state index contributed by atoms with van der Waals surface area (Å²) in [5, 5.41) is 5.86. The Bertz CT molecular complexity index is 1290. The van der Waals surface area contributed by atoms with Gasteiger partial charge in [-0.2, -0.15) is 0 Å². The molecule has 0 fully saturated rings. The van der Waals surface area contributed by atoms with E-state index in [4.69, 9.17) is 11.6 Å². The van der Waals surface area contributed by atoms with E-state index in [1.807, 2.05) is 30.3 Å². The minimum absolute atomic E-state index is 0.193. The van der Waals surface area contributed by atoms with Crippen molar-refractivity contribution >= 4 is 46.1 Å². The zero-order valence-electron chi connectivity index (χ0n) is 16.6. The normalized spacial score (nSPS) is 10.6. The van der Waals surface area contributed by atoms with Crippen molar-refractivity contribution in [1.82, 2.24) is 4.40 Å². The van der Waals surface area contributed by atoms with E-state index < -0.39 is 11.7 Å². The van der Waals surface area contributed by atoms with Gasteiger partial charge in [0.25, 0.3) is 11.7 Å². The fraction of sp³-hybridized carbons (Fsp3) is 0.0417. The highest BCUT2D eigenvalue weighted by molar-refractivity contribution is 6.47. The lowest BCUT2D eigenvalue weighted by molar-refractivity contribution is -0.114. The van der Waals surface area contributed by atoms with E-state index in [0.29, 0.717) is 22.0 Å². The van der Waals surface area contributed by atoms with Gasteiger partial charge in [-0.05, 0) is 60.2 Å². The van der Waals surface area contributed by atoms with Crippen molar-refractivity contribution in [3.63, 3.8) is 0 Å². The molecular weight excluding hydrogens is 414 g/mol. The number of nitrogens with one attached hydrogen (secondary N) is 2. The SMILES string of the molecule is CC(=O)Nc1ccc(NC(=O)C(=O)c2c(-c3ccc(Cl)cc3)cc3ccccn23)cc1. The molecule has 0 aliphatic rings. The molecule has 2 aromatic carbocycles. The Balaban J connectivity index is 1.66. The van der Waals surface area contributed by atoms with Crippen LogP contribution in [0.2, 0.25) is 5.02 Å². The van der Waals surface area contributed by atoms with E-state index in [2.05, 4.69) is 10.6 Å². The first-order chi connectivity index (χ1) is 14.9. The van der Waals surface area contributed by atoms with Crippen molar-refractivity contribution < 1.29 is 14.4 Å². The van der Waals surface area contributed by atoms with Crippen molar-refractivity contribution in [2.75, 3.05) is 10.6 Å². The maximum Gasteiger partial charge on any atom is 0.298 e. The van der Waals surface area contributed by atoms with Crippen LogP contribution in [0, 0.1) is 0 Å². The number of carbonyl (C=O) groups is 3. The van der Waals surface area contributed by atoms with Gasteiger partial charge in [-0.3, -0.25) is 14.4 Å². The number of hydrogen-bond donors (Lipinski definition) is 2. The molecule has 154 valence electrons. The van der Waals surface area contributed by atoms with Gasteiger partial charge in [0, 0.05) is 40.6 Å². The monoisotopic (exact) mass is 431 g/mol. The zero-order chi connectivity index (χ0) is 22.0. The van der Waals surface area contributed by atoms with Crippen LogP contribution in [0.3, 0.4) is 0 Å². The summed E-state index contributed by atoms with van der Waals surface area (Å²) in [4.78, 5) is 37.1. The Morgan fingerprint density at radius 2 is 1.48 bits per heavy atom. The topological polar surface area (TPSA) is 79.7 Å². The molecule has 0 bridgehead atoms. The molecule has 2 N–H and O–H groups in total. The van der Waals surface area contributed by atoms with Crippen LogP contribution in [-0.4, -0.2) is 22.0 Å². The molecule has 0 saturated carbocycles. The Morgan fingerprint density at radius 3 is 2.13 bits per heavy atom. The first kappa shape index (κ1) is 20.4. The molecule has 2 aromatic heterocycles. The van der Waals surface area contributed by atoms with Crippen LogP contribution in [0.25, 0.3) is 16.6 Å². The van der Waals surface area contributed by atoms with E-state index in [9.17, 15) is 14.4 Å². The summed E-state index contributed by atoms with van der Waals surface area (Å²) in [7, 11) is 0. The second kappa shape index (κ2) is 8.45. The summed E-state index contributed by atoms with van der Waals surface area (Å²) >= 11 is 6.00. The first-order valence-corrected chi connectivity index (χ1v) is 9.89. The summed E-state index contributed by atoms with van der Waals surface area (Å²) in [6.07, 6.45) is 1.75. The van der Waals surface area contributed by atoms with Gasteiger partial charge in [0.2, 0.25) is 5.91 Å². The summed E-state index contributed by atoms with van der Waals surface area (Å²) in [6.45, 7) is 1.41. The van der Waals surface area contributed by atoms with Gasteiger partial charge in [-0.1, -0.05) is 29.8 Å². The van der Waals surface area contributed by atoms with E-state index >= 15 is 0 Å². The zero-order valence-corrected chi connectivity index (χ0v) is 17.3. The number of rotatable bonds is 5. The third kappa shape index (κ3) is 4.34. The van der Waals surface area contributed by atoms with Gasteiger partial charge in [0.15, 0.2) is 0 Å². The number of pyridine rings is 1. The van der Waals surface area contributed by atoms with Crippen LogP contribution in [0.4, 0.5) is 11.4 Å². The summed E-state index contributed by atoms with van der Waals surface area (Å²) in [6, 6.07) is 21.0. The number of anilines is 2. The molecule has 0 spiro atoms. The second-order valence-electron chi connectivity index (χ2n) is 6.95. The summed E-state index contributed by atoms with van der Waals surface area (Å²) < 4.78 is 1.70. The molecular formula is C24H18ClN3O3. The van der Waals surface area contributed by atoms with Gasteiger partial charge < -0.3 is 15.0 Å². The largest absolute Gasteiger partial charge is 0.326 e. The molecule has 0 atom stereocenters. The predicted octanol–water partition coefficient (Wildman–Crippen LogP) is 5.04. The van der Waals surface area contributed by atoms with E-state index in [1.54, 1.807) is 53.1 Å². The molecule has 4 rings (SSSR count). The highest BCUT2D eigenvalue weighted by Crippen LogP contribution is 2.29. The third-order valence-electron chi connectivity index (χ3n) is 4.72. The molecule has 0 aliphatic carbocycles. The van der Waals surface area contributed by atoms with Gasteiger partial charge in [-0.25, -0.2) is 0 Å². The number of benzene rings is 2. The van der Waals surface area contributed by atoms with Crippen LogP contribution < -0.4 is 10.6 Å². The molecule has 4 aromatic rings. The van der Waals surface area contributed by atoms with Gasteiger partial charge in [-0.15, -0.1) is 0 Å². The summed E-state index contributed by atoms with van der Waals surface area (Å²) in [5.41, 5.74) is 3.53. The molecule has 31 heavy (non-hydrogen) atoms. The lowest BCUT2D eigenvalue weighted by Crippen LogP contribution is -2.24. The molecule has 0 saturated heterocycles. The van der Waals surface area contributed by atoms with Gasteiger partial charge in [0.05, 0.1) is 0 Å². The van der Waals surface area contributed by atoms with Crippen molar-refractivity contribution in [2.45, 2.75) is 6.92 Å². The maximum atomic E-state index is 13.2. The minimum Gasteiger partial charge on any atom is -0.326 e. The number of hydrogen-bond acceptors (Lipinski definition) is 3. The molecule has 0 radical (unpaired) electrons. The molecule has 2 heterocycles. The molecule has 0 aliphatic heterocycles. The number of nitrogens with zero attached hydrogens (tertiary/aromatic N) is 1. The van der Waals surface area contributed by atoms with Crippen molar-refractivity contribution in [3.05, 3.63) is 89.7 Å². The Hall–Kier alpha value is -3.90.